The highest BCUT2D eigenvalue weighted by Gasteiger charge is 2.32. The second-order valence-corrected chi connectivity index (χ2v) is 10.1. The number of anilines is 1. The molecule has 27 heavy (non-hydrogen) atoms. The molecule has 0 aliphatic carbocycles. The number of sulfone groups is 1. The number of piperidine rings is 1. The van der Waals surface area contributed by atoms with Crippen molar-refractivity contribution in [3.8, 4) is 0 Å². The normalized spacial score (nSPS) is 17.1. The summed E-state index contributed by atoms with van der Waals surface area (Å²) in [6.07, 6.45) is 4.01. The number of amides is 2. The van der Waals surface area contributed by atoms with Gasteiger partial charge in [-0.05, 0) is 43.4 Å². The van der Waals surface area contributed by atoms with Gasteiger partial charge < -0.3 is 9.80 Å². The quantitative estimate of drug-likeness (QED) is 0.682. The predicted molar refractivity (Wildman–Crippen MR) is 108 cm³/mol. The zero-order chi connectivity index (χ0) is 19.6. The molecular weight excluding hydrogens is 432 g/mol. The molecule has 1 aromatic rings. The number of rotatable bonds is 5. The van der Waals surface area contributed by atoms with Crippen molar-refractivity contribution in [2.75, 3.05) is 30.3 Å². The maximum atomic E-state index is 13.1. The van der Waals surface area contributed by atoms with Crippen LogP contribution in [0.4, 0.5) is 5.69 Å². The lowest BCUT2D eigenvalue weighted by Gasteiger charge is -2.26. The summed E-state index contributed by atoms with van der Waals surface area (Å²) in [6.45, 7) is 3.69. The van der Waals surface area contributed by atoms with Crippen molar-refractivity contribution in [2.45, 2.75) is 50.3 Å². The Balaban J connectivity index is 1.84. The second kappa shape index (κ2) is 8.31. The molecule has 8 heteroatoms. The number of carbonyl (C=O) groups excluding carboxylic acids is 2. The van der Waals surface area contributed by atoms with Crippen molar-refractivity contribution in [2.24, 2.45) is 0 Å². The van der Waals surface area contributed by atoms with Crippen molar-refractivity contribution < 1.29 is 18.0 Å². The molecule has 6 nitrogen and oxygen atoms in total. The standard InChI is InChI=1S/C19H25BrN2O4S/c1-2-17(23)22-10-6-14-12-15(20)13-16(19(14)22)27(25,26)11-7-18(24)21-8-4-3-5-9-21/h12-13H,2-11H2,1H3. The number of benzene rings is 1. The molecule has 0 aromatic heterocycles. The van der Waals surface area contributed by atoms with Gasteiger partial charge in [-0.15, -0.1) is 0 Å². The summed E-state index contributed by atoms with van der Waals surface area (Å²) in [5, 5.41) is 0. The van der Waals surface area contributed by atoms with Gasteiger partial charge in [0.25, 0.3) is 0 Å². The number of fused-ring (bicyclic) bond motifs is 1. The molecule has 148 valence electrons. The van der Waals surface area contributed by atoms with Gasteiger partial charge in [0.05, 0.1) is 16.3 Å². The van der Waals surface area contributed by atoms with Crippen LogP contribution in [-0.4, -0.2) is 50.5 Å². The van der Waals surface area contributed by atoms with E-state index < -0.39 is 9.84 Å². The summed E-state index contributed by atoms with van der Waals surface area (Å²) in [6, 6.07) is 3.43. The molecule has 0 saturated carbocycles. The molecule has 2 aliphatic rings. The van der Waals surface area contributed by atoms with Crippen LogP contribution in [0.1, 0.15) is 44.6 Å². The van der Waals surface area contributed by atoms with Gasteiger partial charge >= 0.3 is 0 Å². The van der Waals surface area contributed by atoms with Crippen molar-refractivity contribution in [3.63, 3.8) is 0 Å². The van der Waals surface area contributed by atoms with Gasteiger partial charge in [0.15, 0.2) is 9.84 Å². The average molecular weight is 457 g/mol. The Morgan fingerprint density at radius 3 is 2.44 bits per heavy atom. The van der Waals surface area contributed by atoms with Crippen LogP contribution in [0, 0.1) is 0 Å². The Morgan fingerprint density at radius 2 is 1.78 bits per heavy atom. The van der Waals surface area contributed by atoms with E-state index in [1.807, 2.05) is 6.07 Å². The van der Waals surface area contributed by atoms with Crippen LogP contribution in [0.5, 0.6) is 0 Å². The van der Waals surface area contributed by atoms with Crippen LogP contribution in [0.15, 0.2) is 21.5 Å². The Bertz CT molecular complexity index is 848. The maximum absolute atomic E-state index is 13.1. The molecule has 0 spiro atoms. The third-order valence-electron chi connectivity index (χ3n) is 5.23. The zero-order valence-corrected chi connectivity index (χ0v) is 17.9. The highest BCUT2D eigenvalue weighted by Crippen LogP contribution is 2.38. The summed E-state index contributed by atoms with van der Waals surface area (Å²) in [5.74, 6) is -0.428. The Kier molecular flexibility index (Phi) is 6.25. The summed E-state index contributed by atoms with van der Waals surface area (Å²) >= 11 is 3.38. The van der Waals surface area contributed by atoms with E-state index in [0.717, 1.165) is 24.8 Å². The summed E-state index contributed by atoms with van der Waals surface area (Å²) < 4.78 is 26.8. The summed E-state index contributed by atoms with van der Waals surface area (Å²) in [7, 11) is -3.69. The number of hydrogen-bond acceptors (Lipinski definition) is 4. The van der Waals surface area contributed by atoms with Crippen LogP contribution in [0.2, 0.25) is 0 Å². The molecule has 2 aliphatic heterocycles. The number of nitrogens with zero attached hydrogens (tertiary/aromatic N) is 2. The largest absolute Gasteiger partial charge is 0.343 e. The fourth-order valence-electron chi connectivity index (χ4n) is 3.78. The lowest BCUT2D eigenvalue weighted by molar-refractivity contribution is -0.131. The minimum Gasteiger partial charge on any atom is -0.343 e. The van der Waals surface area contributed by atoms with Gasteiger partial charge in [-0.2, -0.15) is 0 Å². The minimum absolute atomic E-state index is 0.0225. The first-order chi connectivity index (χ1) is 12.8. The van der Waals surface area contributed by atoms with Gasteiger partial charge in [0, 0.05) is 36.9 Å². The van der Waals surface area contributed by atoms with Gasteiger partial charge in [-0.1, -0.05) is 22.9 Å². The number of hydrogen-bond donors (Lipinski definition) is 0. The van der Waals surface area contributed by atoms with Crippen LogP contribution in [0.25, 0.3) is 0 Å². The Hall–Kier alpha value is -1.41. The van der Waals surface area contributed by atoms with E-state index >= 15 is 0 Å². The van der Waals surface area contributed by atoms with E-state index in [1.165, 1.54) is 0 Å². The topological polar surface area (TPSA) is 74.8 Å². The Labute approximate surface area is 168 Å². The summed E-state index contributed by atoms with van der Waals surface area (Å²) in [4.78, 5) is 28.1. The van der Waals surface area contributed by atoms with Crippen molar-refractivity contribution in [1.82, 2.24) is 4.90 Å². The molecule has 3 rings (SSSR count). The van der Waals surface area contributed by atoms with E-state index in [0.29, 0.717) is 42.6 Å². The van der Waals surface area contributed by atoms with E-state index in [-0.39, 0.29) is 28.9 Å². The SMILES string of the molecule is CCC(=O)N1CCc2cc(Br)cc(S(=O)(=O)CCC(=O)N3CCCCC3)c21. The Morgan fingerprint density at radius 1 is 1.07 bits per heavy atom. The zero-order valence-electron chi connectivity index (χ0n) is 15.5. The first-order valence-corrected chi connectivity index (χ1v) is 11.9. The molecule has 0 atom stereocenters. The van der Waals surface area contributed by atoms with Crippen molar-refractivity contribution in [3.05, 3.63) is 22.2 Å². The van der Waals surface area contributed by atoms with Crippen LogP contribution in [-0.2, 0) is 25.8 Å². The lowest BCUT2D eigenvalue weighted by Crippen LogP contribution is -2.36. The first-order valence-electron chi connectivity index (χ1n) is 9.47. The molecule has 1 fully saturated rings. The second-order valence-electron chi connectivity index (χ2n) is 7.07. The average Bonchev–Trinajstić information content (AvgIpc) is 3.09. The van der Waals surface area contributed by atoms with Crippen molar-refractivity contribution >= 4 is 43.3 Å². The molecule has 1 aromatic carbocycles. The van der Waals surface area contributed by atoms with E-state index in [2.05, 4.69) is 15.9 Å². The smallest absolute Gasteiger partial charge is 0.226 e. The van der Waals surface area contributed by atoms with Crippen LogP contribution >= 0.6 is 15.9 Å². The molecule has 2 heterocycles. The van der Waals surface area contributed by atoms with E-state index in [4.69, 9.17) is 0 Å². The highest BCUT2D eigenvalue weighted by atomic mass is 79.9. The van der Waals surface area contributed by atoms with E-state index in [9.17, 15) is 18.0 Å². The maximum Gasteiger partial charge on any atom is 0.226 e. The van der Waals surface area contributed by atoms with Crippen LogP contribution in [0.3, 0.4) is 0 Å². The fraction of sp³-hybridized carbons (Fsp3) is 0.579. The monoisotopic (exact) mass is 456 g/mol. The molecule has 0 bridgehead atoms. The molecule has 0 radical (unpaired) electrons. The van der Waals surface area contributed by atoms with Crippen molar-refractivity contribution in [1.29, 1.82) is 0 Å². The van der Waals surface area contributed by atoms with E-state index in [1.54, 1.807) is 22.8 Å². The molecule has 2 amide bonds. The van der Waals surface area contributed by atoms with Gasteiger partial charge in [0.1, 0.15) is 0 Å². The minimum atomic E-state index is -3.69. The third kappa shape index (κ3) is 4.37. The first kappa shape index (κ1) is 20.3. The number of halogens is 1. The van der Waals surface area contributed by atoms with Gasteiger partial charge in [-0.25, -0.2) is 8.42 Å². The van der Waals surface area contributed by atoms with Gasteiger partial charge in [-0.3, -0.25) is 9.59 Å². The highest BCUT2D eigenvalue weighted by molar-refractivity contribution is 9.10. The molecule has 0 N–H and O–H groups in total. The lowest BCUT2D eigenvalue weighted by atomic mass is 10.1. The molecule has 1 saturated heterocycles. The number of likely N-dealkylation sites (tertiary alicyclic amines) is 1. The summed E-state index contributed by atoms with van der Waals surface area (Å²) in [5.41, 5.74) is 1.35. The molecule has 0 unspecified atom stereocenters. The molecular formula is C19H25BrN2O4S. The third-order valence-corrected chi connectivity index (χ3v) is 7.41. The fourth-order valence-corrected chi connectivity index (χ4v) is 5.94. The van der Waals surface area contributed by atoms with Crippen LogP contribution < -0.4 is 4.90 Å². The van der Waals surface area contributed by atoms with Gasteiger partial charge in [0.2, 0.25) is 11.8 Å². The predicted octanol–water partition coefficient (Wildman–Crippen LogP) is 2.92. The number of carbonyl (C=O) groups is 2.